The molecule has 104 valence electrons. The van der Waals surface area contributed by atoms with E-state index < -0.39 is 5.97 Å². The molecule has 20 heavy (non-hydrogen) atoms. The second kappa shape index (κ2) is 5.71. The summed E-state index contributed by atoms with van der Waals surface area (Å²) in [6.45, 7) is 0. The number of nitrogen functional groups attached to an aromatic ring is 1. The summed E-state index contributed by atoms with van der Waals surface area (Å²) in [6, 6.07) is 9.49. The summed E-state index contributed by atoms with van der Waals surface area (Å²) >= 11 is 6.00. The zero-order valence-corrected chi connectivity index (χ0v) is 11.3. The lowest BCUT2D eigenvalue weighted by atomic mass is 10.2. The van der Waals surface area contributed by atoms with Gasteiger partial charge in [-0.1, -0.05) is 17.7 Å². The van der Waals surface area contributed by atoms with E-state index in [1.54, 1.807) is 24.3 Å². The Bertz CT molecular complexity index is 658. The van der Waals surface area contributed by atoms with Gasteiger partial charge in [-0.2, -0.15) is 0 Å². The Morgan fingerprint density at radius 3 is 2.60 bits per heavy atom. The molecule has 2 aromatic carbocycles. The molecule has 0 amide bonds. The van der Waals surface area contributed by atoms with E-state index in [1.165, 1.54) is 19.2 Å². The van der Waals surface area contributed by atoms with E-state index in [2.05, 4.69) is 0 Å². The first-order chi connectivity index (χ1) is 9.51. The number of carboxylic acid groups (broad SMARTS) is 1. The molecule has 0 aromatic heterocycles. The molecule has 2 rings (SSSR count). The normalized spacial score (nSPS) is 10.1. The van der Waals surface area contributed by atoms with Crippen molar-refractivity contribution in [2.45, 2.75) is 0 Å². The van der Waals surface area contributed by atoms with Crippen LogP contribution in [0.2, 0.25) is 5.02 Å². The highest BCUT2D eigenvalue weighted by Gasteiger charge is 2.17. The van der Waals surface area contributed by atoms with Crippen LogP contribution in [0, 0.1) is 0 Å². The van der Waals surface area contributed by atoms with Gasteiger partial charge in [0, 0.05) is 11.8 Å². The van der Waals surface area contributed by atoms with Gasteiger partial charge >= 0.3 is 5.97 Å². The average Bonchev–Trinajstić information content (AvgIpc) is 2.41. The number of hydrogen-bond donors (Lipinski definition) is 2. The Hall–Kier alpha value is -2.40. The highest BCUT2D eigenvalue weighted by atomic mass is 35.5. The van der Waals surface area contributed by atoms with Crippen LogP contribution in [0.5, 0.6) is 17.2 Å². The highest BCUT2D eigenvalue weighted by Crippen LogP contribution is 2.35. The predicted octanol–water partition coefficient (Wildman–Crippen LogP) is 3.42. The summed E-state index contributed by atoms with van der Waals surface area (Å²) in [6.07, 6.45) is 0. The summed E-state index contributed by atoms with van der Waals surface area (Å²) in [5.41, 5.74) is 5.74. The molecule has 0 saturated carbocycles. The number of anilines is 1. The van der Waals surface area contributed by atoms with Crippen molar-refractivity contribution in [1.29, 1.82) is 0 Å². The molecule has 0 aliphatic heterocycles. The number of hydrogen-bond acceptors (Lipinski definition) is 4. The first kappa shape index (κ1) is 14.0. The predicted molar refractivity (Wildman–Crippen MR) is 75.9 cm³/mol. The Morgan fingerprint density at radius 1 is 1.25 bits per heavy atom. The Kier molecular flexibility index (Phi) is 4.00. The van der Waals surface area contributed by atoms with Gasteiger partial charge in [0.1, 0.15) is 17.1 Å². The largest absolute Gasteiger partial charge is 0.497 e. The van der Waals surface area contributed by atoms with E-state index in [4.69, 9.17) is 26.8 Å². The van der Waals surface area contributed by atoms with Crippen molar-refractivity contribution in [1.82, 2.24) is 0 Å². The van der Waals surface area contributed by atoms with Crippen molar-refractivity contribution in [3.05, 3.63) is 47.0 Å². The van der Waals surface area contributed by atoms with Crippen LogP contribution in [0.15, 0.2) is 36.4 Å². The zero-order chi connectivity index (χ0) is 14.7. The van der Waals surface area contributed by atoms with Crippen LogP contribution in [-0.2, 0) is 0 Å². The fourth-order valence-electron chi connectivity index (χ4n) is 1.66. The Balaban J connectivity index is 2.44. The fourth-order valence-corrected chi connectivity index (χ4v) is 1.93. The van der Waals surface area contributed by atoms with E-state index in [9.17, 15) is 9.90 Å². The second-order valence-electron chi connectivity index (χ2n) is 3.97. The lowest BCUT2D eigenvalue weighted by Crippen LogP contribution is -2.02. The van der Waals surface area contributed by atoms with Gasteiger partial charge in [0.25, 0.3) is 0 Å². The lowest BCUT2D eigenvalue weighted by Gasteiger charge is -2.12. The van der Waals surface area contributed by atoms with Gasteiger partial charge in [-0.25, -0.2) is 4.79 Å². The fraction of sp³-hybridized carbons (Fsp3) is 0.0714. The van der Waals surface area contributed by atoms with Crippen LogP contribution in [0.3, 0.4) is 0 Å². The third-order valence-electron chi connectivity index (χ3n) is 2.56. The average molecular weight is 294 g/mol. The maximum absolute atomic E-state index is 11.2. The second-order valence-corrected chi connectivity index (χ2v) is 4.37. The summed E-state index contributed by atoms with van der Waals surface area (Å²) < 4.78 is 10.6. The van der Waals surface area contributed by atoms with E-state index in [0.717, 1.165) is 0 Å². The van der Waals surface area contributed by atoms with Crippen molar-refractivity contribution in [3.8, 4) is 17.2 Å². The number of nitrogens with two attached hydrogens (primary N) is 1. The highest BCUT2D eigenvalue weighted by molar-refractivity contribution is 6.33. The number of benzene rings is 2. The smallest absolute Gasteiger partial charge is 0.339 e. The third-order valence-corrected chi connectivity index (χ3v) is 2.84. The van der Waals surface area contributed by atoms with Crippen LogP contribution < -0.4 is 15.2 Å². The van der Waals surface area contributed by atoms with Crippen molar-refractivity contribution < 1.29 is 19.4 Å². The molecule has 0 heterocycles. The van der Waals surface area contributed by atoms with Crippen LogP contribution in [0.4, 0.5) is 5.69 Å². The van der Waals surface area contributed by atoms with E-state index >= 15 is 0 Å². The summed E-state index contributed by atoms with van der Waals surface area (Å²) in [4.78, 5) is 11.2. The minimum Gasteiger partial charge on any atom is -0.497 e. The Morgan fingerprint density at radius 2 is 1.95 bits per heavy atom. The van der Waals surface area contributed by atoms with E-state index in [1.807, 2.05) is 0 Å². The number of rotatable bonds is 4. The molecule has 0 bridgehead atoms. The van der Waals surface area contributed by atoms with Gasteiger partial charge in [-0.05, 0) is 24.3 Å². The number of methoxy groups -OCH3 is 1. The van der Waals surface area contributed by atoms with E-state index in [-0.39, 0.29) is 22.0 Å². The molecule has 0 fully saturated rings. The minimum absolute atomic E-state index is 0.0432. The quantitative estimate of drug-likeness (QED) is 0.844. The van der Waals surface area contributed by atoms with Crippen LogP contribution in [0.25, 0.3) is 0 Å². The molecular formula is C14H12ClNO4. The van der Waals surface area contributed by atoms with E-state index in [0.29, 0.717) is 11.5 Å². The minimum atomic E-state index is -1.17. The van der Waals surface area contributed by atoms with Gasteiger partial charge in [0.2, 0.25) is 0 Å². The van der Waals surface area contributed by atoms with Gasteiger partial charge in [-0.3, -0.25) is 0 Å². The monoisotopic (exact) mass is 293 g/mol. The molecule has 0 unspecified atom stereocenters. The van der Waals surface area contributed by atoms with Gasteiger partial charge in [-0.15, -0.1) is 0 Å². The zero-order valence-electron chi connectivity index (χ0n) is 10.6. The third kappa shape index (κ3) is 2.95. The SMILES string of the molecule is COc1cccc(Oc2c(Cl)cc(N)cc2C(=O)O)c1. The first-order valence-electron chi connectivity index (χ1n) is 5.65. The summed E-state index contributed by atoms with van der Waals surface area (Å²) in [7, 11) is 1.53. The van der Waals surface area contributed by atoms with Crippen LogP contribution in [0.1, 0.15) is 10.4 Å². The molecular weight excluding hydrogens is 282 g/mol. The lowest BCUT2D eigenvalue weighted by molar-refractivity contribution is 0.0694. The van der Waals surface area contributed by atoms with Crippen molar-refractivity contribution in [2.75, 3.05) is 12.8 Å². The number of carbonyl (C=O) groups is 1. The van der Waals surface area contributed by atoms with Gasteiger partial charge < -0.3 is 20.3 Å². The van der Waals surface area contributed by atoms with Crippen LogP contribution in [-0.4, -0.2) is 18.2 Å². The molecule has 0 atom stereocenters. The maximum atomic E-state index is 11.2. The summed E-state index contributed by atoms with van der Waals surface area (Å²) in [5.74, 6) is -0.122. The standard InChI is InChI=1S/C14H12ClNO4/c1-19-9-3-2-4-10(7-9)20-13-11(14(17)18)5-8(16)6-12(13)15/h2-7H,16H2,1H3,(H,17,18). The maximum Gasteiger partial charge on any atom is 0.339 e. The Labute approximate surface area is 120 Å². The molecule has 5 nitrogen and oxygen atoms in total. The van der Waals surface area contributed by atoms with Gasteiger partial charge in [0.05, 0.1) is 12.1 Å². The first-order valence-corrected chi connectivity index (χ1v) is 6.03. The topological polar surface area (TPSA) is 81.8 Å². The molecule has 0 aliphatic carbocycles. The number of carboxylic acids is 1. The van der Waals surface area contributed by atoms with Gasteiger partial charge in [0.15, 0.2) is 5.75 Å². The number of aromatic carboxylic acids is 1. The molecule has 0 spiro atoms. The number of halogens is 1. The van der Waals surface area contributed by atoms with Crippen LogP contribution >= 0.6 is 11.6 Å². The number of ether oxygens (including phenoxy) is 2. The van der Waals surface area contributed by atoms with Crippen molar-refractivity contribution in [3.63, 3.8) is 0 Å². The molecule has 0 saturated heterocycles. The molecule has 0 aliphatic rings. The molecule has 3 N–H and O–H groups in total. The summed E-state index contributed by atoms with van der Waals surface area (Å²) in [5, 5.41) is 9.30. The molecule has 0 radical (unpaired) electrons. The van der Waals surface area contributed by atoms with Crippen molar-refractivity contribution in [2.24, 2.45) is 0 Å². The molecule has 2 aromatic rings. The van der Waals surface area contributed by atoms with Crippen molar-refractivity contribution >= 4 is 23.3 Å². The molecule has 6 heteroatoms.